The average molecular weight is 494 g/mol. The molecule has 0 fully saturated rings. The lowest BCUT2D eigenvalue weighted by atomic mass is 10.1. The first-order valence-electron chi connectivity index (χ1n) is 5.89. The number of pyridine rings is 1. The molecule has 21 heavy (non-hydrogen) atoms. The maximum atomic E-state index is 12.5. The van der Waals surface area contributed by atoms with E-state index in [4.69, 9.17) is 0 Å². The topological polar surface area (TPSA) is 47.0 Å². The summed E-state index contributed by atoms with van der Waals surface area (Å²) in [5.74, 6) is 0. The molecular formula is C14H8Br3NO2S. The van der Waals surface area contributed by atoms with Crippen LogP contribution in [0.1, 0.15) is 0 Å². The van der Waals surface area contributed by atoms with E-state index in [-0.39, 0.29) is 4.90 Å². The van der Waals surface area contributed by atoms with Gasteiger partial charge in [-0.2, -0.15) is 0 Å². The second-order valence-corrected chi connectivity index (χ2v) is 14.9. The smallest absolute Gasteiger partial charge is 0.239 e. The molecule has 0 radical (unpaired) electrons. The third kappa shape index (κ3) is 2.65. The minimum absolute atomic E-state index is 0.207. The maximum absolute atomic E-state index is 12.5. The number of nitrogens with zero attached hydrogens (tertiary/aromatic N) is 1. The quantitative estimate of drug-likeness (QED) is 0.355. The Morgan fingerprint density at radius 3 is 2.38 bits per heavy atom. The van der Waals surface area contributed by atoms with Gasteiger partial charge in [-0.15, -0.1) is 0 Å². The Bertz CT molecular complexity index is 949. The maximum Gasteiger partial charge on any atom is 0.239 e. The second-order valence-electron chi connectivity index (χ2n) is 4.47. The van der Waals surface area contributed by atoms with E-state index in [1.807, 2.05) is 24.3 Å². The Balaban J connectivity index is 2.37. The summed E-state index contributed by atoms with van der Waals surface area (Å²) in [5.41, 5.74) is 0.761. The van der Waals surface area contributed by atoms with Crippen molar-refractivity contribution in [1.29, 1.82) is 0 Å². The second kappa shape index (κ2) is 5.30. The molecule has 1 heterocycles. The fourth-order valence-corrected chi connectivity index (χ4v) is 4.61. The molecule has 0 aliphatic heterocycles. The fourth-order valence-electron chi connectivity index (χ4n) is 2.14. The van der Waals surface area contributed by atoms with Crippen molar-refractivity contribution in [2.24, 2.45) is 0 Å². The highest BCUT2D eigenvalue weighted by atomic mass is 80.0. The van der Waals surface area contributed by atoms with E-state index in [1.54, 1.807) is 24.4 Å². The van der Waals surface area contributed by atoms with Crippen LogP contribution in [-0.4, -0.2) is 14.9 Å². The molecule has 3 rings (SSSR count). The molecule has 1 aromatic heterocycles. The van der Waals surface area contributed by atoms with Gasteiger partial charge >= 0.3 is 0 Å². The van der Waals surface area contributed by atoms with Crippen molar-refractivity contribution in [3.05, 3.63) is 48.7 Å². The summed E-state index contributed by atoms with van der Waals surface area (Å²) >= 11 is 9.24. The third-order valence-corrected chi connectivity index (χ3v) is 8.50. The minimum Gasteiger partial charge on any atom is -0.256 e. The Morgan fingerprint density at radius 2 is 1.67 bits per heavy atom. The van der Waals surface area contributed by atoms with Crippen LogP contribution in [0.25, 0.3) is 21.7 Å². The first-order valence-corrected chi connectivity index (χ1v) is 9.76. The Hall–Kier alpha value is -0.500. The number of aromatic nitrogens is 1. The third-order valence-electron chi connectivity index (χ3n) is 3.18. The van der Waals surface area contributed by atoms with Crippen LogP contribution >= 0.6 is 47.8 Å². The van der Waals surface area contributed by atoms with Crippen LogP contribution in [0.4, 0.5) is 0 Å². The number of rotatable bonds is 1. The van der Waals surface area contributed by atoms with Crippen molar-refractivity contribution >= 4 is 79.3 Å². The zero-order valence-corrected chi connectivity index (χ0v) is 16.0. The molecular weight excluding hydrogens is 486 g/mol. The van der Waals surface area contributed by atoms with Crippen molar-refractivity contribution in [1.82, 2.24) is 4.98 Å². The number of fused-ring (bicyclic) bond motifs is 3. The average Bonchev–Trinajstić information content (AvgIpc) is 2.45. The molecule has 3 aromatic rings. The predicted molar refractivity (Wildman–Crippen MR) is 95.9 cm³/mol. The standard InChI is InChI=1S/C14H8Br3NO2S/c15-14(16,17)21(19,20)10-5-6-13-12(7-10)11-4-2-1-3-9(11)8-18-13/h1-8H. The highest BCUT2D eigenvalue weighted by Crippen LogP contribution is 2.43. The largest absolute Gasteiger partial charge is 0.256 e. The van der Waals surface area contributed by atoms with Gasteiger partial charge in [0, 0.05) is 17.0 Å². The van der Waals surface area contributed by atoms with Crippen LogP contribution in [0.5, 0.6) is 0 Å². The van der Waals surface area contributed by atoms with Gasteiger partial charge in [-0.1, -0.05) is 24.3 Å². The van der Waals surface area contributed by atoms with E-state index < -0.39 is 11.3 Å². The van der Waals surface area contributed by atoms with Crippen LogP contribution < -0.4 is 0 Å². The first-order chi connectivity index (χ1) is 9.80. The van der Waals surface area contributed by atoms with E-state index in [0.29, 0.717) is 0 Å². The summed E-state index contributed by atoms with van der Waals surface area (Å²) < 4.78 is 23.6. The van der Waals surface area contributed by atoms with Gasteiger partial charge in [-0.05, 0) is 71.4 Å². The van der Waals surface area contributed by atoms with E-state index in [0.717, 1.165) is 21.7 Å². The highest BCUT2D eigenvalue weighted by molar-refractivity contribution is 9.42. The molecule has 0 atom stereocenters. The lowest BCUT2D eigenvalue weighted by molar-refractivity contribution is 0.599. The number of halogens is 3. The first kappa shape index (κ1) is 15.4. The van der Waals surface area contributed by atoms with Gasteiger partial charge in [0.05, 0.1) is 10.4 Å². The van der Waals surface area contributed by atoms with Crippen LogP contribution in [0, 0.1) is 0 Å². The van der Waals surface area contributed by atoms with Crippen molar-refractivity contribution in [2.75, 3.05) is 0 Å². The van der Waals surface area contributed by atoms with Gasteiger partial charge in [0.25, 0.3) is 0 Å². The van der Waals surface area contributed by atoms with E-state index >= 15 is 0 Å². The van der Waals surface area contributed by atoms with Gasteiger partial charge in [0.1, 0.15) is 0 Å². The molecule has 0 aliphatic rings. The summed E-state index contributed by atoms with van der Waals surface area (Å²) in [7, 11) is -3.61. The molecule has 108 valence electrons. The van der Waals surface area contributed by atoms with Crippen molar-refractivity contribution < 1.29 is 8.42 Å². The molecule has 7 heteroatoms. The summed E-state index contributed by atoms with van der Waals surface area (Å²) in [4.78, 5) is 4.57. The summed E-state index contributed by atoms with van der Waals surface area (Å²) in [6, 6.07) is 12.7. The Labute approximate surface area is 147 Å². The Morgan fingerprint density at radius 1 is 0.952 bits per heavy atom. The molecule has 0 amide bonds. The summed E-state index contributed by atoms with van der Waals surface area (Å²) in [5, 5.41) is 2.76. The van der Waals surface area contributed by atoms with Gasteiger partial charge in [-0.3, -0.25) is 4.98 Å². The van der Waals surface area contributed by atoms with E-state index in [9.17, 15) is 8.42 Å². The van der Waals surface area contributed by atoms with Crippen LogP contribution in [0.2, 0.25) is 0 Å². The number of alkyl halides is 3. The Kier molecular flexibility index (Phi) is 3.88. The summed E-state index contributed by atoms with van der Waals surface area (Å²) in [6.45, 7) is 0. The molecule has 0 unspecified atom stereocenters. The number of hydrogen-bond donors (Lipinski definition) is 0. The van der Waals surface area contributed by atoms with Gasteiger partial charge in [0.2, 0.25) is 11.3 Å². The lowest BCUT2D eigenvalue weighted by Crippen LogP contribution is -2.17. The lowest BCUT2D eigenvalue weighted by Gasteiger charge is -2.14. The van der Waals surface area contributed by atoms with Crippen LogP contribution in [0.3, 0.4) is 0 Å². The number of benzene rings is 2. The van der Waals surface area contributed by atoms with Gasteiger partial charge < -0.3 is 0 Å². The van der Waals surface area contributed by atoms with E-state index in [2.05, 4.69) is 52.8 Å². The molecule has 0 saturated carbocycles. The number of hydrogen-bond acceptors (Lipinski definition) is 3. The number of sulfone groups is 1. The fraction of sp³-hybridized carbons (Fsp3) is 0.0714. The zero-order chi connectivity index (χ0) is 15.3. The molecule has 0 saturated heterocycles. The molecule has 0 N–H and O–H groups in total. The monoisotopic (exact) mass is 491 g/mol. The van der Waals surface area contributed by atoms with Gasteiger partial charge in [0.15, 0.2) is 0 Å². The minimum atomic E-state index is -3.61. The SMILES string of the molecule is O=S(=O)(c1ccc2ncc3ccccc3c2c1)C(Br)(Br)Br. The highest BCUT2D eigenvalue weighted by Gasteiger charge is 2.37. The predicted octanol–water partition coefficient (Wildman–Crippen LogP) is 4.96. The molecule has 0 aliphatic carbocycles. The van der Waals surface area contributed by atoms with Crippen molar-refractivity contribution in [3.8, 4) is 0 Å². The van der Waals surface area contributed by atoms with Gasteiger partial charge in [-0.25, -0.2) is 8.42 Å². The summed E-state index contributed by atoms with van der Waals surface area (Å²) in [6.07, 6.45) is 1.79. The normalized spacial score (nSPS) is 12.9. The molecule has 0 bridgehead atoms. The van der Waals surface area contributed by atoms with E-state index in [1.165, 1.54) is 0 Å². The zero-order valence-electron chi connectivity index (χ0n) is 10.4. The van der Waals surface area contributed by atoms with Crippen LogP contribution in [-0.2, 0) is 9.84 Å². The van der Waals surface area contributed by atoms with Crippen molar-refractivity contribution in [3.63, 3.8) is 0 Å². The van der Waals surface area contributed by atoms with Crippen LogP contribution in [0.15, 0.2) is 53.6 Å². The van der Waals surface area contributed by atoms with Crippen molar-refractivity contribution in [2.45, 2.75) is 6.37 Å². The molecule has 2 aromatic carbocycles. The molecule has 3 nitrogen and oxygen atoms in total. The molecule has 0 spiro atoms.